The number of carbonyl (C=O) groups excluding carboxylic acids is 1. The summed E-state index contributed by atoms with van der Waals surface area (Å²) in [6.45, 7) is 2.57. The molecule has 0 aromatic carbocycles. The highest BCUT2D eigenvalue weighted by molar-refractivity contribution is 7.89. The molecule has 0 aromatic rings. The van der Waals surface area contributed by atoms with Gasteiger partial charge < -0.3 is 15.7 Å². The first-order valence-corrected chi connectivity index (χ1v) is 8.08. The van der Waals surface area contributed by atoms with Crippen molar-refractivity contribution in [3.05, 3.63) is 0 Å². The molecule has 118 valence electrons. The van der Waals surface area contributed by atoms with Gasteiger partial charge in [0.05, 0.1) is 5.75 Å². The highest BCUT2D eigenvalue weighted by atomic mass is 32.2. The Kier molecular flexibility index (Phi) is 8.89. The maximum atomic E-state index is 11.4. The third kappa shape index (κ3) is 8.70. The van der Waals surface area contributed by atoms with Crippen LogP contribution in [-0.4, -0.2) is 62.3 Å². The van der Waals surface area contributed by atoms with E-state index in [0.29, 0.717) is 32.5 Å². The zero-order chi connectivity index (χ0) is 15.6. The van der Waals surface area contributed by atoms with E-state index in [1.54, 1.807) is 6.92 Å². The van der Waals surface area contributed by atoms with Crippen molar-refractivity contribution in [3.8, 4) is 0 Å². The average Bonchev–Trinajstić information content (AvgIpc) is 2.39. The van der Waals surface area contributed by atoms with E-state index in [4.69, 9.17) is 5.11 Å². The summed E-state index contributed by atoms with van der Waals surface area (Å²) in [6, 6.07) is -0.378. The zero-order valence-corrected chi connectivity index (χ0v) is 12.7. The van der Waals surface area contributed by atoms with E-state index in [-0.39, 0.29) is 18.2 Å². The molecule has 0 saturated heterocycles. The molecule has 2 amide bonds. The van der Waals surface area contributed by atoms with Gasteiger partial charge in [-0.3, -0.25) is 4.79 Å². The van der Waals surface area contributed by atoms with Gasteiger partial charge in [0, 0.05) is 33.1 Å². The summed E-state index contributed by atoms with van der Waals surface area (Å²) < 4.78 is 24.1. The molecule has 3 N–H and O–H groups in total. The monoisotopic (exact) mass is 309 g/mol. The van der Waals surface area contributed by atoms with E-state index in [1.807, 2.05) is 0 Å². The maximum Gasteiger partial charge on any atom is 0.314 e. The van der Waals surface area contributed by atoms with Crippen LogP contribution in [0.15, 0.2) is 0 Å². The van der Waals surface area contributed by atoms with Gasteiger partial charge in [-0.2, -0.15) is 0 Å². The van der Waals surface area contributed by atoms with Gasteiger partial charge in [-0.25, -0.2) is 17.5 Å². The van der Waals surface area contributed by atoms with Gasteiger partial charge in [-0.1, -0.05) is 0 Å². The molecule has 0 aliphatic carbocycles. The first kappa shape index (κ1) is 18.7. The van der Waals surface area contributed by atoms with Crippen LogP contribution in [0.5, 0.6) is 0 Å². The predicted molar refractivity (Wildman–Crippen MR) is 75.0 cm³/mol. The summed E-state index contributed by atoms with van der Waals surface area (Å²) in [5.74, 6) is -0.839. The van der Waals surface area contributed by atoms with Crippen molar-refractivity contribution in [2.75, 3.05) is 32.4 Å². The molecule has 0 rings (SSSR count). The van der Waals surface area contributed by atoms with Crippen LogP contribution >= 0.6 is 0 Å². The average molecular weight is 309 g/mol. The SMILES string of the molecule is CCS(=O)(=O)N(C)CCCNC(=O)NCCCC(=O)O. The van der Waals surface area contributed by atoms with E-state index < -0.39 is 16.0 Å². The van der Waals surface area contributed by atoms with Gasteiger partial charge >= 0.3 is 12.0 Å². The molecule has 0 heterocycles. The van der Waals surface area contributed by atoms with Gasteiger partial charge in [0.25, 0.3) is 0 Å². The predicted octanol–water partition coefficient (Wildman–Crippen LogP) is -0.178. The summed E-state index contributed by atoms with van der Waals surface area (Å²) in [5, 5.41) is 13.5. The number of nitrogens with one attached hydrogen (secondary N) is 2. The molecule has 0 spiro atoms. The fraction of sp³-hybridized carbons (Fsp3) is 0.818. The molecule has 20 heavy (non-hydrogen) atoms. The first-order chi connectivity index (χ1) is 9.29. The van der Waals surface area contributed by atoms with Crippen LogP contribution in [-0.2, 0) is 14.8 Å². The van der Waals surface area contributed by atoms with Crippen molar-refractivity contribution < 1.29 is 23.1 Å². The molecular formula is C11H23N3O5S. The molecule has 8 nitrogen and oxygen atoms in total. The third-order valence-electron chi connectivity index (χ3n) is 2.63. The van der Waals surface area contributed by atoms with Crippen molar-refractivity contribution >= 4 is 22.0 Å². The van der Waals surface area contributed by atoms with E-state index in [0.717, 1.165) is 0 Å². The molecule has 0 aliphatic heterocycles. The number of nitrogens with zero attached hydrogens (tertiary/aromatic N) is 1. The van der Waals surface area contributed by atoms with Crippen molar-refractivity contribution in [2.45, 2.75) is 26.2 Å². The Labute approximate surface area is 119 Å². The minimum Gasteiger partial charge on any atom is -0.481 e. The van der Waals surface area contributed by atoms with Crippen LogP contribution in [0.25, 0.3) is 0 Å². The lowest BCUT2D eigenvalue weighted by atomic mass is 10.3. The number of carboxylic acids is 1. The Morgan fingerprint density at radius 2 is 1.70 bits per heavy atom. The number of amides is 2. The molecule has 9 heteroatoms. The maximum absolute atomic E-state index is 11.4. The summed E-state index contributed by atoms with van der Waals surface area (Å²) >= 11 is 0. The van der Waals surface area contributed by atoms with Crippen LogP contribution in [0.2, 0.25) is 0 Å². The van der Waals surface area contributed by atoms with Crippen LogP contribution in [0.4, 0.5) is 4.79 Å². The lowest BCUT2D eigenvalue weighted by Gasteiger charge is -2.15. The highest BCUT2D eigenvalue weighted by Crippen LogP contribution is 1.98. The quantitative estimate of drug-likeness (QED) is 0.484. The number of rotatable bonds is 10. The van der Waals surface area contributed by atoms with Gasteiger partial charge in [0.1, 0.15) is 0 Å². The van der Waals surface area contributed by atoms with Gasteiger partial charge in [0.15, 0.2) is 0 Å². The van der Waals surface area contributed by atoms with Gasteiger partial charge in [-0.15, -0.1) is 0 Å². The van der Waals surface area contributed by atoms with Crippen molar-refractivity contribution in [1.82, 2.24) is 14.9 Å². The standard InChI is InChI=1S/C11H23N3O5S/c1-3-20(18,19)14(2)9-5-8-13-11(17)12-7-4-6-10(15)16/h3-9H2,1-2H3,(H,15,16)(H2,12,13,17). The third-order valence-corrected chi connectivity index (χ3v) is 4.49. The number of carboxylic acid groups (broad SMARTS) is 1. The van der Waals surface area contributed by atoms with Crippen LogP contribution < -0.4 is 10.6 Å². The zero-order valence-electron chi connectivity index (χ0n) is 11.9. The van der Waals surface area contributed by atoms with Crippen LogP contribution in [0.3, 0.4) is 0 Å². The minimum absolute atomic E-state index is 0.0138. The lowest BCUT2D eigenvalue weighted by Crippen LogP contribution is -2.38. The number of carbonyl (C=O) groups is 2. The molecule has 0 bridgehead atoms. The molecule has 0 aromatic heterocycles. The summed E-state index contributed by atoms with van der Waals surface area (Å²) in [7, 11) is -1.67. The topological polar surface area (TPSA) is 116 Å². The molecule has 0 radical (unpaired) electrons. The summed E-state index contributed by atoms with van der Waals surface area (Å²) in [6.07, 6.45) is 0.901. The lowest BCUT2D eigenvalue weighted by molar-refractivity contribution is -0.137. The first-order valence-electron chi connectivity index (χ1n) is 6.47. The second-order valence-electron chi connectivity index (χ2n) is 4.26. The highest BCUT2D eigenvalue weighted by Gasteiger charge is 2.13. The van der Waals surface area contributed by atoms with Gasteiger partial charge in [-0.05, 0) is 19.8 Å². The number of urea groups is 1. The normalized spacial score (nSPS) is 11.3. The second kappa shape index (κ2) is 9.54. The number of aliphatic carboxylic acids is 1. The van der Waals surface area contributed by atoms with Crippen LogP contribution in [0, 0.1) is 0 Å². The van der Waals surface area contributed by atoms with Crippen molar-refractivity contribution in [1.29, 1.82) is 0 Å². The summed E-state index contributed by atoms with van der Waals surface area (Å²) in [4.78, 5) is 21.5. The Bertz CT molecular complexity index is 410. The van der Waals surface area contributed by atoms with Crippen molar-refractivity contribution in [2.24, 2.45) is 0 Å². The molecule has 0 saturated carbocycles. The summed E-state index contributed by atoms with van der Waals surface area (Å²) in [5.41, 5.74) is 0. The fourth-order valence-electron chi connectivity index (χ4n) is 1.37. The van der Waals surface area contributed by atoms with E-state index in [2.05, 4.69) is 10.6 Å². The van der Waals surface area contributed by atoms with Crippen molar-refractivity contribution in [3.63, 3.8) is 0 Å². The molecule has 0 fully saturated rings. The molecular weight excluding hydrogens is 286 g/mol. The molecule has 0 atom stereocenters. The largest absolute Gasteiger partial charge is 0.481 e. The Balaban J connectivity index is 3.65. The van der Waals surface area contributed by atoms with E-state index in [1.165, 1.54) is 11.4 Å². The second-order valence-corrected chi connectivity index (χ2v) is 6.62. The van der Waals surface area contributed by atoms with Gasteiger partial charge in [0.2, 0.25) is 10.0 Å². The van der Waals surface area contributed by atoms with E-state index >= 15 is 0 Å². The molecule has 0 unspecified atom stereocenters. The molecule has 0 aliphatic rings. The van der Waals surface area contributed by atoms with Crippen LogP contribution in [0.1, 0.15) is 26.2 Å². The number of sulfonamides is 1. The van der Waals surface area contributed by atoms with E-state index in [9.17, 15) is 18.0 Å². The Morgan fingerprint density at radius 3 is 2.20 bits per heavy atom. The number of hydrogen-bond acceptors (Lipinski definition) is 4. The Hall–Kier alpha value is -1.35. The Morgan fingerprint density at radius 1 is 1.15 bits per heavy atom. The fourth-order valence-corrected chi connectivity index (χ4v) is 2.22. The number of hydrogen-bond donors (Lipinski definition) is 3. The minimum atomic E-state index is -3.18. The smallest absolute Gasteiger partial charge is 0.314 e.